The van der Waals surface area contributed by atoms with Gasteiger partial charge in [-0.05, 0) is 12.1 Å². The SMILES string of the molecule is COc1ncc(C(=O)c2c(F)cccc2Cl)cn1. The van der Waals surface area contributed by atoms with Crippen molar-refractivity contribution in [2.24, 2.45) is 0 Å². The summed E-state index contributed by atoms with van der Waals surface area (Å²) in [6, 6.07) is 4.18. The normalized spacial score (nSPS) is 10.2. The molecule has 1 aromatic heterocycles. The molecule has 0 unspecified atom stereocenters. The van der Waals surface area contributed by atoms with Gasteiger partial charge in [0.05, 0.1) is 23.3 Å². The minimum Gasteiger partial charge on any atom is -0.467 e. The summed E-state index contributed by atoms with van der Waals surface area (Å²) in [5, 5.41) is 0.0517. The van der Waals surface area contributed by atoms with Crippen LogP contribution in [0.2, 0.25) is 5.02 Å². The van der Waals surface area contributed by atoms with Crippen LogP contribution in [0, 0.1) is 5.82 Å². The first-order valence-electron chi connectivity index (χ1n) is 4.98. The third kappa shape index (κ3) is 2.31. The van der Waals surface area contributed by atoms with Crippen LogP contribution in [0.4, 0.5) is 4.39 Å². The molecule has 0 amide bonds. The number of carbonyl (C=O) groups is 1. The second kappa shape index (κ2) is 5.10. The maximum Gasteiger partial charge on any atom is 0.316 e. The summed E-state index contributed by atoms with van der Waals surface area (Å²) in [7, 11) is 1.41. The predicted molar refractivity (Wildman–Crippen MR) is 63.4 cm³/mol. The van der Waals surface area contributed by atoms with Crippen molar-refractivity contribution >= 4 is 17.4 Å². The van der Waals surface area contributed by atoms with Gasteiger partial charge in [0.2, 0.25) is 5.78 Å². The van der Waals surface area contributed by atoms with Crippen LogP contribution >= 0.6 is 11.6 Å². The fourth-order valence-electron chi connectivity index (χ4n) is 1.40. The highest BCUT2D eigenvalue weighted by Gasteiger charge is 2.18. The molecular weight excluding hydrogens is 259 g/mol. The number of ketones is 1. The lowest BCUT2D eigenvalue weighted by atomic mass is 10.1. The van der Waals surface area contributed by atoms with E-state index in [1.165, 1.54) is 37.7 Å². The smallest absolute Gasteiger partial charge is 0.316 e. The molecule has 0 saturated carbocycles. The quantitative estimate of drug-likeness (QED) is 0.801. The zero-order chi connectivity index (χ0) is 13.1. The summed E-state index contributed by atoms with van der Waals surface area (Å²) in [6.45, 7) is 0. The topological polar surface area (TPSA) is 52.1 Å². The molecule has 0 saturated heterocycles. The Morgan fingerprint density at radius 3 is 2.56 bits per heavy atom. The fraction of sp³-hybridized carbons (Fsp3) is 0.0833. The molecule has 1 aromatic carbocycles. The molecule has 0 atom stereocenters. The zero-order valence-electron chi connectivity index (χ0n) is 9.35. The standard InChI is InChI=1S/C12H8ClFN2O2/c1-18-12-15-5-7(6-16-12)11(17)10-8(13)3-2-4-9(10)14/h2-6H,1H3. The molecule has 0 N–H and O–H groups in total. The van der Waals surface area contributed by atoms with Gasteiger partial charge in [0.15, 0.2) is 0 Å². The lowest BCUT2D eigenvalue weighted by Gasteiger charge is -2.04. The van der Waals surface area contributed by atoms with Gasteiger partial charge in [0.1, 0.15) is 5.82 Å². The van der Waals surface area contributed by atoms with Gasteiger partial charge >= 0.3 is 6.01 Å². The van der Waals surface area contributed by atoms with Crippen LogP contribution in [0.1, 0.15) is 15.9 Å². The number of methoxy groups -OCH3 is 1. The molecule has 4 nitrogen and oxygen atoms in total. The highest BCUT2D eigenvalue weighted by Crippen LogP contribution is 2.22. The summed E-state index contributed by atoms with van der Waals surface area (Å²) in [5.74, 6) is -1.25. The van der Waals surface area contributed by atoms with Crippen molar-refractivity contribution in [3.8, 4) is 6.01 Å². The number of ether oxygens (including phenoxy) is 1. The van der Waals surface area contributed by atoms with Gasteiger partial charge in [-0.1, -0.05) is 17.7 Å². The van der Waals surface area contributed by atoms with Crippen LogP contribution in [-0.4, -0.2) is 22.9 Å². The number of hydrogen-bond acceptors (Lipinski definition) is 4. The number of aromatic nitrogens is 2. The average molecular weight is 267 g/mol. The molecule has 92 valence electrons. The summed E-state index contributed by atoms with van der Waals surface area (Å²) in [6.07, 6.45) is 2.52. The van der Waals surface area contributed by atoms with Gasteiger partial charge in [0, 0.05) is 12.4 Å². The van der Waals surface area contributed by atoms with Crippen LogP contribution in [0.15, 0.2) is 30.6 Å². The number of carbonyl (C=O) groups excluding carboxylic acids is 1. The summed E-state index contributed by atoms with van der Waals surface area (Å²) in [5.41, 5.74) is -0.0456. The highest BCUT2D eigenvalue weighted by atomic mass is 35.5. The monoisotopic (exact) mass is 266 g/mol. The second-order valence-corrected chi connectivity index (χ2v) is 3.79. The maximum atomic E-state index is 13.6. The van der Waals surface area contributed by atoms with E-state index >= 15 is 0 Å². The molecule has 0 fully saturated rings. The molecule has 0 spiro atoms. The van der Waals surface area contributed by atoms with E-state index in [1.807, 2.05) is 0 Å². The minimum absolute atomic E-state index is 0.0517. The van der Waals surface area contributed by atoms with Gasteiger partial charge in [-0.2, -0.15) is 0 Å². The predicted octanol–water partition coefficient (Wildman–Crippen LogP) is 2.51. The Morgan fingerprint density at radius 2 is 2.00 bits per heavy atom. The Balaban J connectivity index is 2.41. The van der Waals surface area contributed by atoms with Crippen molar-refractivity contribution in [3.63, 3.8) is 0 Å². The molecule has 0 aliphatic carbocycles. The molecule has 18 heavy (non-hydrogen) atoms. The first-order valence-corrected chi connectivity index (χ1v) is 5.36. The Bertz CT molecular complexity index is 567. The minimum atomic E-state index is -0.677. The van der Waals surface area contributed by atoms with Crippen LogP contribution < -0.4 is 4.74 Å². The van der Waals surface area contributed by atoms with E-state index in [-0.39, 0.29) is 22.2 Å². The molecule has 0 bridgehead atoms. The molecule has 2 aromatic rings. The lowest BCUT2D eigenvalue weighted by Crippen LogP contribution is -2.06. The molecule has 2 rings (SSSR count). The van der Waals surface area contributed by atoms with Crippen molar-refractivity contribution in [2.75, 3.05) is 7.11 Å². The Hall–Kier alpha value is -2.01. The molecule has 0 radical (unpaired) electrons. The van der Waals surface area contributed by atoms with Crippen molar-refractivity contribution < 1.29 is 13.9 Å². The van der Waals surface area contributed by atoms with E-state index in [0.29, 0.717) is 0 Å². The molecule has 0 aliphatic rings. The number of rotatable bonds is 3. The molecule has 0 aliphatic heterocycles. The second-order valence-electron chi connectivity index (χ2n) is 3.38. The number of hydrogen-bond donors (Lipinski definition) is 0. The highest BCUT2D eigenvalue weighted by molar-refractivity contribution is 6.35. The summed E-state index contributed by atoms with van der Waals surface area (Å²) >= 11 is 5.81. The number of benzene rings is 1. The van der Waals surface area contributed by atoms with Gasteiger partial charge in [-0.15, -0.1) is 0 Å². The number of nitrogens with zero attached hydrogens (tertiary/aromatic N) is 2. The summed E-state index contributed by atoms with van der Waals surface area (Å²) < 4.78 is 18.3. The van der Waals surface area contributed by atoms with Crippen molar-refractivity contribution in [2.45, 2.75) is 0 Å². The van der Waals surface area contributed by atoms with Crippen molar-refractivity contribution in [1.29, 1.82) is 0 Å². The Kier molecular flexibility index (Phi) is 3.53. The van der Waals surface area contributed by atoms with E-state index < -0.39 is 11.6 Å². The van der Waals surface area contributed by atoms with Crippen molar-refractivity contribution in [1.82, 2.24) is 9.97 Å². The van der Waals surface area contributed by atoms with Gasteiger partial charge < -0.3 is 4.74 Å². The molecule has 6 heteroatoms. The van der Waals surface area contributed by atoms with Crippen LogP contribution in [0.3, 0.4) is 0 Å². The van der Waals surface area contributed by atoms with E-state index in [4.69, 9.17) is 16.3 Å². The van der Waals surface area contributed by atoms with Gasteiger partial charge in [-0.3, -0.25) is 4.79 Å². The largest absolute Gasteiger partial charge is 0.467 e. The van der Waals surface area contributed by atoms with Crippen molar-refractivity contribution in [3.05, 3.63) is 52.6 Å². The molecular formula is C12H8ClFN2O2. The van der Waals surface area contributed by atoms with E-state index in [9.17, 15) is 9.18 Å². The lowest BCUT2D eigenvalue weighted by molar-refractivity contribution is 0.103. The summed E-state index contributed by atoms with van der Waals surface area (Å²) in [4.78, 5) is 19.6. The Labute approximate surface area is 107 Å². The van der Waals surface area contributed by atoms with E-state index in [2.05, 4.69) is 9.97 Å². The van der Waals surface area contributed by atoms with Crippen LogP contribution in [0.25, 0.3) is 0 Å². The first kappa shape index (κ1) is 12.4. The Morgan fingerprint density at radius 1 is 1.33 bits per heavy atom. The third-order valence-electron chi connectivity index (χ3n) is 2.26. The third-order valence-corrected chi connectivity index (χ3v) is 2.58. The zero-order valence-corrected chi connectivity index (χ0v) is 10.1. The molecule has 1 heterocycles. The first-order chi connectivity index (χ1) is 8.63. The fourth-order valence-corrected chi connectivity index (χ4v) is 1.65. The van der Waals surface area contributed by atoms with E-state index in [1.54, 1.807) is 0 Å². The van der Waals surface area contributed by atoms with Crippen LogP contribution in [-0.2, 0) is 0 Å². The van der Waals surface area contributed by atoms with Gasteiger partial charge in [0.25, 0.3) is 0 Å². The van der Waals surface area contributed by atoms with E-state index in [0.717, 1.165) is 0 Å². The number of halogens is 2. The van der Waals surface area contributed by atoms with Gasteiger partial charge in [-0.25, -0.2) is 14.4 Å². The average Bonchev–Trinajstić information content (AvgIpc) is 2.38. The van der Waals surface area contributed by atoms with Crippen LogP contribution in [0.5, 0.6) is 6.01 Å². The maximum absolute atomic E-state index is 13.6.